The van der Waals surface area contributed by atoms with E-state index >= 15 is 0 Å². The van der Waals surface area contributed by atoms with Crippen LogP contribution in [0.2, 0.25) is 0 Å². The second-order valence-corrected chi connectivity index (χ2v) is 11.0. The fraction of sp³-hybridized carbons (Fsp3) is 0.379. The highest BCUT2D eigenvalue weighted by Gasteiger charge is 2.40. The lowest BCUT2D eigenvalue weighted by Gasteiger charge is -2.47. The number of benzene rings is 1. The Balaban J connectivity index is 1.34. The molecule has 3 aromatic heterocycles. The lowest BCUT2D eigenvalue weighted by Crippen LogP contribution is -2.57. The van der Waals surface area contributed by atoms with E-state index in [4.69, 9.17) is 4.52 Å². The van der Waals surface area contributed by atoms with E-state index in [0.29, 0.717) is 54.6 Å². The molecule has 1 N–H and O–H groups in total. The number of hydrogen-bond acceptors (Lipinski definition) is 9. The highest BCUT2D eigenvalue weighted by Crippen LogP contribution is 2.36. The number of carboxylic acid groups (broad SMARTS) is 1. The number of rotatable bonds is 5. The molecule has 0 saturated carbocycles. The molecule has 5 heterocycles. The van der Waals surface area contributed by atoms with Gasteiger partial charge in [0.2, 0.25) is 5.89 Å². The number of aryl methyl sites for hydroxylation is 1. The summed E-state index contributed by atoms with van der Waals surface area (Å²) in [7, 11) is 1.68. The summed E-state index contributed by atoms with van der Waals surface area (Å²) in [5.74, 6) is 0.276. The minimum atomic E-state index is -0.983. The third-order valence-corrected chi connectivity index (χ3v) is 8.25. The minimum absolute atomic E-state index is 0.0870. The molecule has 2 aliphatic rings. The van der Waals surface area contributed by atoms with E-state index in [0.717, 1.165) is 5.56 Å². The molecule has 0 aliphatic carbocycles. The average molecular weight is 573 g/mol. The highest BCUT2D eigenvalue weighted by molar-refractivity contribution is 5.89. The van der Waals surface area contributed by atoms with Gasteiger partial charge in [-0.25, -0.2) is 14.2 Å². The van der Waals surface area contributed by atoms with Crippen molar-refractivity contribution in [2.75, 3.05) is 31.1 Å². The summed E-state index contributed by atoms with van der Waals surface area (Å²) in [6.45, 7) is 5.76. The van der Waals surface area contributed by atoms with Gasteiger partial charge in [0, 0.05) is 51.4 Å². The molecular weight excluding hydrogens is 543 g/mol. The molecular formula is C29H29FN8O4. The molecule has 42 heavy (non-hydrogen) atoms. The number of anilines is 1. The molecule has 0 radical (unpaired) electrons. The third kappa shape index (κ3) is 4.73. The summed E-state index contributed by atoms with van der Waals surface area (Å²) in [5, 5.41) is 22.8. The summed E-state index contributed by atoms with van der Waals surface area (Å²) in [6.07, 6.45) is -0.983. The molecule has 4 aromatic rings. The van der Waals surface area contributed by atoms with Crippen LogP contribution in [0.15, 0.2) is 51.8 Å². The maximum absolute atomic E-state index is 13.9. The molecule has 3 atom stereocenters. The number of likely N-dealkylation sites (tertiary alicyclic amines) is 1. The van der Waals surface area contributed by atoms with E-state index < -0.39 is 12.1 Å². The first-order valence-corrected chi connectivity index (χ1v) is 13.6. The van der Waals surface area contributed by atoms with Gasteiger partial charge in [-0.15, -0.1) is 0 Å². The van der Waals surface area contributed by atoms with Crippen LogP contribution < -0.4 is 10.5 Å². The van der Waals surface area contributed by atoms with Crippen LogP contribution in [0.3, 0.4) is 0 Å². The zero-order chi connectivity index (χ0) is 29.7. The standard InChI is InChI=1S/C29H29FN8O4/c1-16-13-38(17(2)12-37(16)23-10-24(39)35(3)22-9-8-21(11-31)32-25(22)23)26(18-4-6-20(30)7-5-18)28-33-27(34-42-28)19-14-36(15-19)29(40)41/h4-10,16-17,19,26H,12-15H2,1-3H3,(H,40,41)/t16-,17+,26?/m0/s1. The molecule has 6 rings (SSSR count). The fourth-order valence-corrected chi connectivity index (χ4v) is 5.88. The van der Waals surface area contributed by atoms with Crippen molar-refractivity contribution in [3.63, 3.8) is 0 Å². The Bertz CT molecular complexity index is 1760. The van der Waals surface area contributed by atoms with E-state index in [1.54, 1.807) is 37.4 Å². The Morgan fingerprint density at radius 1 is 1.10 bits per heavy atom. The zero-order valence-electron chi connectivity index (χ0n) is 23.3. The molecule has 216 valence electrons. The number of piperazine rings is 1. The van der Waals surface area contributed by atoms with Crippen LogP contribution in [0, 0.1) is 17.1 Å². The van der Waals surface area contributed by atoms with Gasteiger partial charge in [-0.3, -0.25) is 9.69 Å². The second-order valence-electron chi connectivity index (χ2n) is 11.0. The van der Waals surface area contributed by atoms with Crippen LogP contribution in [-0.4, -0.2) is 79.0 Å². The number of hydrogen-bond donors (Lipinski definition) is 1. The molecule has 1 aromatic carbocycles. The SMILES string of the molecule is C[C@@H]1CN(c2cc(=O)n(C)c3ccc(C#N)nc23)[C@@H](C)CN1C(c1ccc(F)cc1)c1nc(C2CN(C(=O)O)C2)no1. The number of nitriles is 1. The largest absolute Gasteiger partial charge is 0.465 e. The van der Waals surface area contributed by atoms with E-state index in [1.807, 2.05) is 6.92 Å². The van der Waals surface area contributed by atoms with Crippen molar-refractivity contribution in [2.45, 2.75) is 37.9 Å². The molecule has 2 saturated heterocycles. The number of nitrogens with zero attached hydrogens (tertiary/aromatic N) is 8. The Morgan fingerprint density at radius 2 is 1.83 bits per heavy atom. The molecule has 0 spiro atoms. The quantitative estimate of drug-likeness (QED) is 0.379. The second kappa shape index (κ2) is 10.5. The van der Waals surface area contributed by atoms with Crippen molar-refractivity contribution in [3.05, 3.63) is 81.6 Å². The number of halogens is 1. The van der Waals surface area contributed by atoms with Crippen molar-refractivity contribution in [2.24, 2.45) is 7.05 Å². The molecule has 12 nitrogen and oxygen atoms in total. The summed E-state index contributed by atoms with van der Waals surface area (Å²) in [6, 6.07) is 12.5. The van der Waals surface area contributed by atoms with Crippen LogP contribution >= 0.6 is 0 Å². The number of amides is 1. The maximum atomic E-state index is 13.9. The monoisotopic (exact) mass is 572 g/mol. The summed E-state index contributed by atoms with van der Waals surface area (Å²) in [4.78, 5) is 39.0. The van der Waals surface area contributed by atoms with Crippen LogP contribution in [0.25, 0.3) is 11.0 Å². The highest BCUT2D eigenvalue weighted by atomic mass is 19.1. The predicted octanol–water partition coefficient (Wildman–Crippen LogP) is 3.09. The maximum Gasteiger partial charge on any atom is 0.407 e. The van der Waals surface area contributed by atoms with Gasteiger partial charge in [-0.05, 0) is 43.7 Å². The normalized spacial score (nSPS) is 20.4. The van der Waals surface area contributed by atoms with Crippen LogP contribution in [0.5, 0.6) is 0 Å². The number of pyridine rings is 2. The summed E-state index contributed by atoms with van der Waals surface area (Å²) >= 11 is 0. The lowest BCUT2D eigenvalue weighted by atomic mass is 9.98. The van der Waals surface area contributed by atoms with Gasteiger partial charge in [0.15, 0.2) is 5.82 Å². The Morgan fingerprint density at radius 3 is 2.52 bits per heavy atom. The van der Waals surface area contributed by atoms with Crippen LogP contribution in [0.1, 0.15) is 48.8 Å². The van der Waals surface area contributed by atoms with Crippen molar-refractivity contribution >= 4 is 22.8 Å². The summed E-state index contributed by atoms with van der Waals surface area (Å²) in [5.41, 5.74) is 2.75. The van der Waals surface area contributed by atoms with Gasteiger partial charge < -0.3 is 24.0 Å². The lowest BCUT2D eigenvalue weighted by molar-refractivity contribution is 0.102. The minimum Gasteiger partial charge on any atom is -0.465 e. The molecule has 13 heteroatoms. The molecule has 2 aliphatic heterocycles. The first-order chi connectivity index (χ1) is 20.1. The van der Waals surface area contributed by atoms with Crippen molar-refractivity contribution in [1.82, 2.24) is 29.5 Å². The third-order valence-electron chi connectivity index (χ3n) is 8.25. The Labute approximate surface area is 240 Å². The van der Waals surface area contributed by atoms with Gasteiger partial charge in [-0.1, -0.05) is 17.3 Å². The van der Waals surface area contributed by atoms with Crippen LogP contribution in [-0.2, 0) is 7.05 Å². The van der Waals surface area contributed by atoms with Gasteiger partial charge in [0.1, 0.15) is 29.1 Å². The Hall–Kier alpha value is -4.83. The predicted molar refractivity (Wildman–Crippen MR) is 150 cm³/mol. The first-order valence-electron chi connectivity index (χ1n) is 13.6. The van der Waals surface area contributed by atoms with Gasteiger partial charge >= 0.3 is 6.09 Å². The number of fused-ring (bicyclic) bond motifs is 1. The number of aromatic nitrogens is 4. The van der Waals surface area contributed by atoms with E-state index in [2.05, 4.69) is 37.9 Å². The molecule has 1 amide bonds. The van der Waals surface area contributed by atoms with Gasteiger partial charge in [0.25, 0.3) is 5.56 Å². The zero-order valence-corrected chi connectivity index (χ0v) is 23.3. The van der Waals surface area contributed by atoms with Gasteiger partial charge in [-0.2, -0.15) is 10.2 Å². The van der Waals surface area contributed by atoms with Crippen molar-refractivity contribution in [3.8, 4) is 6.07 Å². The molecule has 2 fully saturated rings. The average Bonchev–Trinajstić information content (AvgIpc) is 3.41. The molecule has 0 bridgehead atoms. The van der Waals surface area contributed by atoms with E-state index in [-0.39, 0.29) is 35.1 Å². The number of carbonyl (C=O) groups is 1. The molecule has 1 unspecified atom stereocenters. The fourth-order valence-electron chi connectivity index (χ4n) is 5.88. The topological polar surface area (TPSA) is 145 Å². The van der Waals surface area contributed by atoms with E-state index in [9.17, 15) is 24.3 Å². The van der Waals surface area contributed by atoms with Crippen molar-refractivity contribution in [1.29, 1.82) is 5.26 Å². The van der Waals surface area contributed by atoms with Crippen molar-refractivity contribution < 1.29 is 18.8 Å². The first kappa shape index (κ1) is 27.3. The van der Waals surface area contributed by atoms with Crippen LogP contribution in [0.4, 0.5) is 14.9 Å². The smallest absolute Gasteiger partial charge is 0.407 e. The summed E-state index contributed by atoms with van der Waals surface area (Å²) < 4.78 is 21.2. The Kier molecular flexibility index (Phi) is 6.86. The van der Waals surface area contributed by atoms with Gasteiger partial charge in [0.05, 0.1) is 17.1 Å². The van der Waals surface area contributed by atoms with E-state index in [1.165, 1.54) is 21.6 Å².